The molecule has 0 fully saturated rings. The average Bonchev–Trinajstić information content (AvgIpc) is 3.40. The lowest BCUT2D eigenvalue weighted by molar-refractivity contribution is 0.102. The highest BCUT2D eigenvalue weighted by Gasteiger charge is 2.17. The number of carbonyl (C=O) groups excluding carboxylic acids is 1. The van der Waals surface area contributed by atoms with Crippen molar-refractivity contribution in [2.24, 2.45) is 0 Å². The van der Waals surface area contributed by atoms with Gasteiger partial charge in [0.2, 0.25) is 0 Å². The van der Waals surface area contributed by atoms with E-state index in [2.05, 4.69) is 15.0 Å². The summed E-state index contributed by atoms with van der Waals surface area (Å²) in [5, 5.41) is 5.53. The summed E-state index contributed by atoms with van der Waals surface area (Å²) < 4.78 is 32.8. The van der Waals surface area contributed by atoms with E-state index in [4.69, 9.17) is 9.72 Å². The van der Waals surface area contributed by atoms with E-state index in [-0.39, 0.29) is 15.9 Å². The molecule has 5 aromatic rings. The van der Waals surface area contributed by atoms with Crippen LogP contribution in [0.1, 0.15) is 10.4 Å². The second-order valence-corrected chi connectivity index (χ2v) is 10.3. The number of fused-ring (bicyclic) bond motifs is 1. The highest BCUT2D eigenvalue weighted by atomic mass is 32.2. The number of pyridine rings is 1. The monoisotopic (exact) mass is 516 g/mol. The number of nitrogens with zero attached hydrogens (tertiary/aromatic N) is 2. The summed E-state index contributed by atoms with van der Waals surface area (Å²) in [6.07, 6.45) is 1.52. The molecule has 8 nitrogen and oxygen atoms in total. The second kappa shape index (κ2) is 9.76. The number of nitrogens with one attached hydrogen (secondary N) is 2. The lowest BCUT2D eigenvalue weighted by Gasteiger charge is -2.12. The summed E-state index contributed by atoms with van der Waals surface area (Å²) in [6.45, 7) is 0. The minimum absolute atomic E-state index is 0.0619. The molecule has 10 heteroatoms. The van der Waals surface area contributed by atoms with Gasteiger partial charge in [0, 0.05) is 28.2 Å². The molecule has 36 heavy (non-hydrogen) atoms. The normalized spacial score (nSPS) is 11.2. The Labute approximate surface area is 211 Å². The maximum absolute atomic E-state index is 13.3. The van der Waals surface area contributed by atoms with Gasteiger partial charge in [0.1, 0.15) is 5.75 Å². The van der Waals surface area contributed by atoms with Crippen LogP contribution in [0.15, 0.2) is 95.3 Å². The summed E-state index contributed by atoms with van der Waals surface area (Å²) in [5.74, 6) is 0.393. The fourth-order valence-corrected chi connectivity index (χ4v) is 5.43. The summed E-state index contributed by atoms with van der Waals surface area (Å²) in [6, 6.07) is 22.6. The number of amides is 1. The number of para-hydroxylation sites is 1. The number of rotatable bonds is 7. The Morgan fingerprint density at radius 3 is 2.42 bits per heavy atom. The highest BCUT2D eigenvalue weighted by molar-refractivity contribution is 7.93. The van der Waals surface area contributed by atoms with Gasteiger partial charge in [0.05, 0.1) is 28.8 Å². The van der Waals surface area contributed by atoms with E-state index in [9.17, 15) is 13.2 Å². The number of hydrogen-bond acceptors (Lipinski definition) is 7. The van der Waals surface area contributed by atoms with Crippen molar-refractivity contribution in [1.29, 1.82) is 0 Å². The third kappa shape index (κ3) is 4.90. The van der Waals surface area contributed by atoms with Gasteiger partial charge in [0.25, 0.3) is 15.9 Å². The first-order valence-corrected chi connectivity index (χ1v) is 13.2. The zero-order valence-corrected chi connectivity index (χ0v) is 20.6. The molecule has 180 valence electrons. The fourth-order valence-electron chi connectivity index (χ4n) is 3.64. The van der Waals surface area contributed by atoms with Gasteiger partial charge < -0.3 is 10.1 Å². The molecule has 0 atom stereocenters. The van der Waals surface area contributed by atoms with Gasteiger partial charge in [-0.2, -0.15) is 0 Å². The van der Waals surface area contributed by atoms with Crippen LogP contribution in [0.25, 0.3) is 22.2 Å². The van der Waals surface area contributed by atoms with Crippen LogP contribution < -0.4 is 14.8 Å². The third-order valence-corrected chi connectivity index (χ3v) is 7.60. The average molecular weight is 517 g/mol. The van der Waals surface area contributed by atoms with Crippen molar-refractivity contribution in [3.05, 3.63) is 96.0 Å². The van der Waals surface area contributed by atoms with Crippen LogP contribution in [0, 0.1) is 0 Å². The predicted molar refractivity (Wildman–Crippen MR) is 141 cm³/mol. The minimum Gasteiger partial charge on any atom is -0.497 e. The quantitative estimate of drug-likeness (QED) is 0.299. The fraction of sp³-hybridized carbons (Fsp3) is 0.0385. The zero-order chi connectivity index (χ0) is 25.1. The van der Waals surface area contributed by atoms with Crippen molar-refractivity contribution in [3.8, 4) is 17.0 Å². The van der Waals surface area contributed by atoms with E-state index in [0.29, 0.717) is 27.8 Å². The van der Waals surface area contributed by atoms with Gasteiger partial charge in [0.15, 0.2) is 5.13 Å². The van der Waals surface area contributed by atoms with Crippen LogP contribution in [0.3, 0.4) is 0 Å². The molecule has 1 amide bonds. The smallest absolute Gasteiger partial charge is 0.263 e. The van der Waals surface area contributed by atoms with Crippen molar-refractivity contribution < 1.29 is 17.9 Å². The predicted octanol–water partition coefficient (Wildman–Crippen LogP) is 5.42. The molecule has 0 aliphatic carbocycles. The molecule has 5 rings (SSSR count). The molecule has 0 saturated heterocycles. The minimum atomic E-state index is -3.78. The third-order valence-electron chi connectivity index (χ3n) is 5.42. The first-order chi connectivity index (χ1) is 17.4. The van der Waals surface area contributed by atoms with Gasteiger partial charge in [-0.3, -0.25) is 9.52 Å². The van der Waals surface area contributed by atoms with Crippen molar-refractivity contribution in [3.63, 3.8) is 0 Å². The molecule has 0 unspecified atom stereocenters. The van der Waals surface area contributed by atoms with E-state index in [1.807, 2.05) is 48.5 Å². The van der Waals surface area contributed by atoms with Gasteiger partial charge in [-0.05, 0) is 60.7 Å². The molecule has 0 aliphatic rings. The second-order valence-electron chi connectivity index (χ2n) is 7.72. The molecule has 0 radical (unpaired) electrons. The molecule has 2 aromatic heterocycles. The maximum atomic E-state index is 13.3. The Hall–Kier alpha value is -4.28. The number of anilines is 2. The number of thiazole rings is 1. The van der Waals surface area contributed by atoms with Crippen LogP contribution >= 0.6 is 11.3 Å². The highest BCUT2D eigenvalue weighted by Crippen LogP contribution is 2.27. The molecule has 2 N–H and O–H groups in total. The Balaban J connectivity index is 1.42. The van der Waals surface area contributed by atoms with Crippen LogP contribution in [0.2, 0.25) is 0 Å². The molecular formula is C26H20N4O4S2. The summed E-state index contributed by atoms with van der Waals surface area (Å²) >= 11 is 1.19. The number of methoxy groups -OCH3 is 1. The molecule has 0 bridgehead atoms. The molecule has 3 aromatic carbocycles. The standard InChI is InChI=1S/C26H20N4O4S2/c1-34-19-10-6-17(7-11-19)24-16-22(21-4-2-3-5-23(21)29-24)25(31)28-18-8-12-20(13-9-18)36(32,33)30-26-27-14-15-35-26/h2-16H,1H3,(H,27,30)(H,28,31). The number of aromatic nitrogens is 2. The van der Waals surface area contributed by atoms with Gasteiger partial charge >= 0.3 is 0 Å². The lowest BCUT2D eigenvalue weighted by Crippen LogP contribution is -2.14. The molecule has 0 spiro atoms. The van der Waals surface area contributed by atoms with Crippen LogP contribution in [0.4, 0.5) is 10.8 Å². The summed E-state index contributed by atoms with van der Waals surface area (Å²) in [7, 11) is -2.18. The van der Waals surface area contributed by atoms with Crippen molar-refractivity contribution in [2.45, 2.75) is 4.90 Å². The SMILES string of the molecule is COc1ccc(-c2cc(C(=O)Nc3ccc(S(=O)(=O)Nc4nccs4)cc3)c3ccccc3n2)cc1. The Kier molecular flexibility index (Phi) is 6.36. The van der Waals surface area contributed by atoms with E-state index in [1.54, 1.807) is 30.7 Å². The number of ether oxygens (including phenoxy) is 1. The Bertz CT molecular complexity index is 1630. The van der Waals surface area contributed by atoms with Gasteiger partial charge in [-0.15, -0.1) is 11.3 Å². The van der Waals surface area contributed by atoms with Crippen LogP contribution in [-0.2, 0) is 10.0 Å². The van der Waals surface area contributed by atoms with Gasteiger partial charge in [-0.1, -0.05) is 18.2 Å². The maximum Gasteiger partial charge on any atom is 0.263 e. The van der Waals surface area contributed by atoms with E-state index in [0.717, 1.165) is 11.3 Å². The topological polar surface area (TPSA) is 110 Å². The first kappa shape index (κ1) is 23.5. The van der Waals surface area contributed by atoms with Crippen molar-refractivity contribution in [2.75, 3.05) is 17.1 Å². The Morgan fingerprint density at radius 2 is 1.72 bits per heavy atom. The summed E-state index contributed by atoms with van der Waals surface area (Å²) in [4.78, 5) is 22.0. The number of sulfonamides is 1. The number of carbonyl (C=O) groups is 1. The molecule has 0 saturated carbocycles. The first-order valence-electron chi connectivity index (χ1n) is 10.8. The zero-order valence-electron chi connectivity index (χ0n) is 19.0. The van der Waals surface area contributed by atoms with Crippen LogP contribution in [0.5, 0.6) is 5.75 Å². The number of hydrogen-bond donors (Lipinski definition) is 2. The molecule has 2 heterocycles. The summed E-state index contributed by atoms with van der Waals surface area (Å²) in [5.41, 5.74) is 3.09. The van der Waals surface area contributed by atoms with Crippen molar-refractivity contribution >= 4 is 49.0 Å². The molecular weight excluding hydrogens is 496 g/mol. The number of benzene rings is 3. The van der Waals surface area contributed by atoms with E-state index >= 15 is 0 Å². The van der Waals surface area contributed by atoms with Crippen molar-refractivity contribution in [1.82, 2.24) is 9.97 Å². The van der Waals surface area contributed by atoms with E-state index in [1.165, 1.54) is 29.7 Å². The lowest BCUT2D eigenvalue weighted by atomic mass is 10.0. The van der Waals surface area contributed by atoms with Gasteiger partial charge in [-0.25, -0.2) is 18.4 Å². The van der Waals surface area contributed by atoms with Crippen LogP contribution in [-0.4, -0.2) is 31.4 Å². The molecule has 0 aliphatic heterocycles. The van der Waals surface area contributed by atoms with E-state index < -0.39 is 10.0 Å². The Morgan fingerprint density at radius 1 is 0.972 bits per heavy atom. The largest absolute Gasteiger partial charge is 0.497 e.